The zero-order valence-electron chi connectivity index (χ0n) is 12.1. The van der Waals surface area contributed by atoms with E-state index in [1.165, 1.54) is 41.7 Å². The van der Waals surface area contributed by atoms with Crippen LogP contribution in [0, 0.1) is 6.92 Å². The number of aryl methyl sites for hydroxylation is 1. The Balaban J connectivity index is 1.95. The van der Waals surface area contributed by atoms with Crippen LogP contribution < -0.4 is 5.32 Å². The summed E-state index contributed by atoms with van der Waals surface area (Å²) >= 11 is 2.08. The van der Waals surface area contributed by atoms with Gasteiger partial charge in [-0.2, -0.15) is 0 Å². The summed E-state index contributed by atoms with van der Waals surface area (Å²) in [6.45, 7) is 4.80. The first-order valence-corrected chi connectivity index (χ1v) is 8.13. The first-order chi connectivity index (χ1) is 9.29. The number of hydrogen-bond donors (Lipinski definition) is 1. The lowest BCUT2D eigenvalue weighted by Crippen LogP contribution is -2.19. The third-order valence-electron chi connectivity index (χ3n) is 3.61. The van der Waals surface area contributed by atoms with E-state index in [1.54, 1.807) is 7.11 Å². The van der Waals surface area contributed by atoms with Crippen molar-refractivity contribution in [3.8, 4) is 0 Å². The number of methoxy groups -OCH3 is 1. The minimum atomic E-state index is 0.775. The molecule has 0 atom stereocenters. The Morgan fingerprint density at radius 2 is 2.11 bits per heavy atom. The summed E-state index contributed by atoms with van der Waals surface area (Å²) in [4.78, 5) is 1.46. The predicted octanol–water partition coefficient (Wildman–Crippen LogP) is 3.77. The van der Waals surface area contributed by atoms with Gasteiger partial charge in [0.2, 0.25) is 0 Å². The molecule has 1 aliphatic rings. The zero-order chi connectivity index (χ0) is 13.5. The van der Waals surface area contributed by atoms with Crippen LogP contribution in [0.1, 0.15) is 36.8 Å². The lowest BCUT2D eigenvalue weighted by atomic mass is 10.1. The van der Waals surface area contributed by atoms with Gasteiger partial charge in [-0.1, -0.05) is 30.5 Å². The highest BCUT2D eigenvalue weighted by Gasteiger charge is 2.17. The first kappa shape index (κ1) is 14.9. The fourth-order valence-electron chi connectivity index (χ4n) is 2.54. The monoisotopic (exact) mass is 279 g/mol. The molecule has 0 amide bonds. The summed E-state index contributed by atoms with van der Waals surface area (Å²) < 4.78 is 5.07. The van der Waals surface area contributed by atoms with Gasteiger partial charge in [0.15, 0.2) is 0 Å². The van der Waals surface area contributed by atoms with Gasteiger partial charge in [0.05, 0.1) is 6.61 Å². The van der Waals surface area contributed by atoms with E-state index in [0.29, 0.717) is 0 Å². The van der Waals surface area contributed by atoms with Crippen molar-refractivity contribution >= 4 is 11.8 Å². The van der Waals surface area contributed by atoms with Crippen molar-refractivity contribution in [3.63, 3.8) is 0 Å². The van der Waals surface area contributed by atoms with Crippen molar-refractivity contribution in [2.75, 3.05) is 20.3 Å². The highest BCUT2D eigenvalue weighted by atomic mass is 32.2. The Labute approximate surface area is 121 Å². The predicted molar refractivity (Wildman–Crippen MR) is 82.9 cm³/mol. The lowest BCUT2D eigenvalue weighted by Gasteiger charge is -2.14. The topological polar surface area (TPSA) is 21.3 Å². The van der Waals surface area contributed by atoms with Crippen LogP contribution in [-0.2, 0) is 11.3 Å². The highest BCUT2D eigenvalue weighted by Crippen LogP contribution is 2.36. The highest BCUT2D eigenvalue weighted by molar-refractivity contribution is 8.00. The molecule has 0 bridgehead atoms. The van der Waals surface area contributed by atoms with E-state index < -0.39 is 0 Å². The van der Waals surface area contributed by atoms with Crippen molar-refractivity contribution in [1.82, 2.24) is 5.32 Å². The van der Waals surface area contributed by atoms with Gasteiger partial charge >= 0.3 is 0 Å². The number of hydrogen-bond acceptors (Lipinski definition) is 3. The summed E-state index contributed by atoms with van der Waals surface area (Å²) in [5.74, 6) is 0. The third-order valence-corrected chi connectivity index (χ3v) is 5.07. The van der Waals surface area contributed by atoms with Gasteiger partial charge in [-0.15, -0.1) is 11.8 Å². The lowest BCUT2D eigenvalue weighted by molar-refractivity contribution is 0.199. The van der Waals surface area contributed by atoms with E-state index in [-0.39, 0.29) is 0 Å². The van der Waals surface area contributed by atoms with Gasteiger partial charge in [0, 0.05) is 30.3 Å². The Morgan fingerprint density at radius 3 is 2.84 bits per heavy atom. The second-order valence-corrected chi connectivity index (χ2v) is 6.65. The number of ether oxygens (including phenoxy) is 1. The summed E-state index contributed by atoms with van der Waals surface area (Å²) in [7, 11) is 1.75. The number of thioether (sulfide) groups is 1. The SMILES string of the molecule is COCCNCc1cc(C)ccc1SC1CCCC1. The standard InChI is InChI=1S/C16H25NOS/c1-13-7-8-16(19-15-5-3-4-6-15)14(11-13)12-17-9-10-18-2/h7-8,11,15,17H,3-6,9-10,12H2,1-2H3. The first-order valence-electron chi connectivity index (χ1n) is 7.25. The average molecular weight is 279 g/mol. The molecule has 2 nitrogen and oxygen atoms in total. The molecule has 0 aromatic heterocycles. The molecule has 1 fully saturated rings. The average Bonchev–Trinajstić information content (AvgIpc) is 2.90. The molecule has 3 heteroatoms. The third kappa shape index (κ3) is 4.83. The van der Waals surface area contributed by atoms with Crippen LogP contribution in [0.15, 0.2) is 23.1 Å². The molecule has 106 valence electrons. The number of benzene rings is 1. The van der Waals surface area contributed by atoms with Gasteiger partial charge in [-0.3, -0.25) is 0 Å². The van der Waals surface area contributed by atoms with Crippen LogP contribution in [0.5, 0.6) is 0 Å². The molecule has 1 aliphatic carbocycles. The van der Waals surface area contributed by atoms with E-state index in [9.17, 15) is 0 Å². The summed E-state index contributed by atoms with van der Waals surface area (Å²) in [6, 6.07) is 6.85. The number of rotatable bonds is 7. The van der Waals surface area contributed by atoms with Crippen molar-refractivity contribution < 1.29 is 4.74 Å². The molecule has 1 aromatic rings. The van der Waals surface area contributed by atoms with Crippen LogP contribution in [-0.4, -0.2) is 25.5 Å². The molecule has 2 rings (SSSR count). The van der Waals surface area contributed by atoms with E-state index in [0.717, 1.165) is 24.9 Å². The summed E-state index contributed by atoms with van der Waals surface area (Å²) in [5.41, 5.74) is 2.78. The van der Waals surface area contributed by atoms with Crippen LogP contribution >= 0.6 is 11.8 Å². The maximum atomic E-state index is 5.07. The Morgan fingerprint density at radius 1 is 1.32 bits per heavy atom. The van der Waals surface area contributed by atoms with E-state index in [4.69, 9.17) is 4.74 Å². The van der Waals surface area contributed by atoms with Gasteiger partial charge in [-0.25, -0.2) is 0 Å². The van der Waals surface area contributed by atoms with Crippen molar-refractivity contribution in [2.45, 2.75) is 49.3 Å². The van der Waals surface area contributed by atoms with Crippen LogP contribution in [0.3, 0.4) is 0 Å². The quantitative estimate of drug-likeness (QED) is 0.768. The molecular formula is C16H25NOS. The number of nitrogens with one attached hydrogen (secondary N) is 1. The van der Waals surface area contributed by atoms with E-state index >= 15 is 0 Å². The van der Waals surface area contributed by atoms with Crippen LogP contribution in [0.2, 0.25) is 0 Å². The van der Waals surface area contributed by atoms with E-state index in [1.807, 2.05) is 0 Å². The smallest absolute Gasteiger partial charge is 0.0587 e. The Bertz CT molecular complexity index is 388. The molecule has 0 heterocycles. The molecule has 0 radical (unpaired) electrons. The van der Waals surface area contributed by atoms with Crippen molar-refractivity contribution in [1.29, 1.82) is 0 Å². The minimum Gasteiger partial charge on any atom is -0.383 e. The Kier molecular flexibility index (Phi) is 6.21. The van der Waals surface area contributed by atoms with Crippen molar-refractivity contribution in [2.24, 2.45) is 0 Å². The molecule has 19 heavy (non-hydrogen) atoms. The molecule has 0 saturated heterocycles. The maximum absolute atomic E-state index is 5.07. The molecule has 0 spiro atoms. The second-order valence-electron chi connectivity index (χ2n) is 5.31. The zero-order valence-corrected chi connectivity index (χ0v) is 12.9. The second kappa shape index (κ2) is 7.93. The van der Waals surface area contributed by atoms with Crippen LogP contribution in [0.25, 0.3) is 0 Å². The van der Waals surface area contributed by atoms with Gasteiger partial charge < -0.3 is 10.1 Å². The molecule has 1 N–H and O–H groups in total. The van der Waals surface area contributed by atoms with Crippen molar-refractivity contribution in [3.05, 3.63) is 29.3 Å². The summed E-state index contributed by atoms with van der Waals surface area (Å²) in [5, 5.41) is 4.29. The van der Waals surface area contributed by atoms with Gasteiger partial charge in [-0.05, 0) is 31.4 Å². The maximum Gasteiger partial charge on any atom is 0.0587 e. The molecular weight excluding hydrogens is 254 g/mol. The minimum absolute atomic E-state index is 0.775. The molecule has 0 unspecified atom stereocenters. The molecule has 0 aliphatic heterocycles. The van der Waals surface area contributed by atoms with E-state index in [2.05, 4.69) is 42.2 Å². The van der Waals surface area contributed by atoms with Gasteiger partial charge in [0.25, 0.3) is 0 Å². The van der Waals surface area contributed by atoms with Gasteiger partial charge in [0.1, 0.15) is 0 Å². The largest absolute Gasteiger partial charge is 0.383 e. The fraction of sp³-hybridized carbons (Fsp3) is 0.625. The molecule has 1 saturated carbocycles. The fourth-order valence-corrected chi connectivity index (χ4v) is 3.90. The summed E-state index contributed by atoms with van der Waals surface area (Å²) in [6.07, 6.45) is 5.58. The normalized spacial score (nSPS) is 16.1. The van der Waals surface area contributed by atoms with Crippen LogP contribution in [0.4, 0.5) is 0 Å². The molecule has 1 aromatic carbocycles. The Hall–Kier alpha value is -0.510.